The molecule has 0 saturated carbocycles. The summed E-state index contributed by atoms with van der Waals surface area (Å²) in [5, 5.41) is 7.05. The fraction of sp³-hybridized carbons (Fsp3) is 0.0962. The SMILES string of the molecule is C[C@H]1C(C2Cc3ccccc3-c3c2ccc2oc4ccccc4c32)=Nc2ccccc2C1c1cc(-c2ccccc2)c2oc3cc4ccccc4cc3c2c1. The number of nitrogens with zero attached hydrogens (tertiary/aromatic N) is 1. The Bertz CT molecular complexity index is 3220. The van der Waals surface area contributed by atoms with Gasteiger partial charge in [-0.2, -0.15) is 0 Å². The molecule has 0 radical (unpaired) electrons. The Labute approximate surface area is 318 Å². The van der Waals surface area contributed by atoms with E-state index in [0.29, 0.717) is 0 Å². The first-order chi connectivity index (χ1) is 27.2. The van der Waals surface area contributed by atoms with Gasteiger partial charge in [-0.25, -0.2) is 0 Å². The van der Waals surface area contributed by atoms with Crippen LogP contribution in [0.25, 0.3) is 76.9 Å². The molecule has 0 bridgehead atoms. The smallest absolute Gasteiger partial charge is 0.143 e. The molecule has 8 aromatic carbocycles. The van der Waals surface area contributed by atoms with Crippen molar-refractivity contribution in [1.29, 1.82) is 0 Å². The predicted molar refractivity (Wildman–Crippen MR) is 227 cm³/mol. The number of hydrogen-bond donors (Lipinski definition) is 0. The van der Waals surface area contributed by atoms with Gasteiger partial charge in [0.2, 0.25) is 0 Å². The minimum atomic E-state index is 0.0834. The number of aliphatic imine (C=N–C) groups is 1. The van der Waals surface area contributed by atoms with Crippen LogP contribution >= 0.6 is 0 Å². The van der Waals surface area contributed by atoms with E-state index in [1.807, 2.05) is 0 Å². The molecule has 12 rings (SSSR count). The highest BCUT2D eigenvalue weighted by Crippen LogP contribution is 2.52. The Kier molecular flexibility index (Phi) is 6.50. The van der Waals surface area contributed by atoms with Gasteiger partial charge in [0.05, 0.1) is 5.69 Å². The van der Waals surface area contributed by atoms with E-state index in [2.05, 4.69) is 171 Å². The summed E-state index contributed by atoms with van der Waals surface area (Å²) in [6.07, 6.45) is 0.899. The van der Waals surface area contributed by atoms with Gasteiger partial charge in [-0.3, -0.25) is 4.99 Å². The minimum absolute atomic E-state index is 0.0834. The minimum Gasteiger partial charge on any atom is -0.456 e. The van der Waals surface area contributed by atoms with Crippen molar-refractivity contribution in [2.45, 2.75) is 25.2 Å². The van der Waals surface area contributed by atoms with Gasteiger partial charge < -0.3 is 8.83 Å². The van der Waals surface area contributed by atoms with Crippen molar-refractivity contribution in [2.24, 2.45) is 10.9 Å². The van der Waals surface area contributed by atoms with Crippen molar-refractivity contribution in [3.63, 3.8) is 0 Å². The van der Waals surface area contributed by atoms with Crippen LogP contribution in [-0.2, 0) is 6.42 Å². The fourth-order valence-electron chi connectivity index (χ4n) is 9.94. The summed E-state index contributed by atoms with van der Waals surface area (Å²) in [5.41, 5.74) is 16.1. The van der Waals surface area contributed by atoms with Gasteiger partial charge in [-0.15, -0.1) is 0 Å². The first-order valence-electron chi connectivity index (χ1n) is 19.3. The third-order valence-electron chi connectivity index (χ3n) is 12.4. The van der Waals surface area contributed by atoms with Gasteiger partial charge in [-0.05, 0) is 98.6 Å². The van der Waals surface area contributed by atoms with E-state index >= 15 is 0 Å². The number of furan rings is 2. The van der Waals surface area contributed by atoms with Crippen LogP contribution in [0.2, 0.25) is 0 Å². The van der Waals surface area contributed by atoms with E-state index in [0.717, 1.165) is 61.7 Å². The average Bonchev–Trinajstić information content (AvgIpc) is 3.80. The highest BCUT2D eigenvalue weighted by atomic mass is 16.3. The van der Waals surface area contributed by atoms with Crippen molar-refractivity contribution in [2.75, 3.05) is 0 Å². The number of benzene rings is 8. The second kappa shape index (κ2) is 11.6. The molecular weight excluding hydrogens is 671 g/mol. The lowest BCUT2D eigenvalue weighted by atomic mass is 9.68. The summed E-state index contributed by atoms with van der Waals surface area (Å²) in [6, 6.07) is 59.2. The predicted octanol–water partition coefficient (Wildman–Crippen LogP) is 14.2. The highest BCUT2D eigenvalue weighted by molar-refractivity contribution is 6.16. The average molecular weight is 706 g/mol. The number of para-hydroxylation sites is 2. The second-order valence-corrected chi connectivity index (χ2v) is 15.4. The molecule has 2 aliphatic rings. The Morgan fingerprint density at radius 1 is 0.545 bits per heavy atom. The maximum absolute atomic E-state index is 6.80. The van der Waals surface area contributed by atoms with Crippen LogP contribution in [0.1, 0.15) is 41.0 Å². The van der Waals surface area contributed by atoms with E-state index in [1.54, 1.807) is 0 Å². The van der Waals surface area contributed by atoms with Crippen molar-refractivity contribution in [3.05, 3.63) is 186 Å². The van der Waals surface area contributed by atoms with E-state index in [9.17, 15) is 0 Å². The maximum atomic E-state index is 6.80. The molecular formula is C52H35NO2. The fourth-order valence-corrected chi connectivity index (χ4v) is 9.94. The Morgan fingerprint density at radius 3 is 2.22 bits per heavy atom. The van der Waals surface area contributed by atoms with Crippen molar-refractivity contribution >= 4 is 66.0 Å². The van der Waals surface area contributed by atoms with Crippen molar-refractivity contribution < 1.29 is 8.83 Å². The molecule has 3 nitrogen and oxygen atoms in total. The number of hydrogen-bond acceptors (Lipinski definition) is 3. The molecule has 10 aromatic rings. The molecule has 3 heteroatoms. The zero-order valence-corrected chi connectivity index (χ0v) is 30.3. The largest absolute Gasteiger partial charge is 0.456 e. The van der Waals surface area contributed by atoms with Gasteiger partial charge in [0.25, 0.3) is 0 Å². The summed E-state index contributed by atoms with van der Waals surface area (Å²) < 4.78 is 13.3. The standard InChI is InChI=1S/C52H35NO2/c1-30-48(35-27-40(31-13-3-2-4-14-31)52-43(28-35)41-25-32-15-5-6-16-33(32)29-47(41)55-52)38-19-9-11-21-44(38)53-51(30)42-26-34-17-7-8-18-36(34)49-37(42)23-24-46-50(49)39-20-10-12-22-45(39)54-46/h2-25,27-30,42,48H,26H2,1H3/t30-,42?,48?/m1/s1. The topological polar surface area (TPSA) is 38.6 Å². The van der Waals surface area contributed by atoms with Gasteiger partial charge in [0.15, 0.2) is 0 Å². The number of rotatable bonds is 3. The molecule has 0 N–H and O–H groups in total. The quantitative estimate of drug-likeness (QED) is 0.184. The molecule has 0 fully saturated rings. The summed E-state index contributed by atoms with van der Waals surface area (Å²) in [5.74, 6) is 0.308. The molecule has 0 spiro atoms. The first-order valence-corrected chi connectivity index (χ1v) is 19.3. The molecule has 0 saturated heterocycles. The first kappa shape index (κ1) is 30.7. The van der Waals surface area contributed by atoms with E-state index in [4.69, 9.17) is 13.8 Å². The monoisotopic (exact) mass is 705 g/mol. The van der Waals surface area contributed by atoms with Crippen LogP contribution in [0, 0.1) is 5.92 Å². The molecule has 260 valence electrons. The van der Waals surface area contributed by atoms with Gasteiger partial charge >= 0.3 is 0 Å². The van der Waals surface area contributed by atoms with Gasteiger partial charge in [-0.1, -0.05) is 128 Å². The van der Waals surface area contributed by atoms with Crippen LogP contribution in [0.15, 0.2) is 178 Å². The lowest BCUT2D eigenvalue weighted by molar-refractivity contribution is 0.619. The lowest BCUT2D eigenvalue weighted by Gasteiger charge is -2.38. The van der Waals surface area contributed by atoms with Gasteiger partial charge in [0, 0.05) is 50.6 Å². The third kappa shape index (κ3) is 4.53. The molecule has 2 aromatic heterocycles. The molecule has 1 aliphatic carbocycles. The molecule has 2 unspecified atom stereocenters. The van der Waals surface area contributed by atoms with Crippen LogP contribution in [0.5, 0.6) is 0 Å². The van der Waals surface area contributed by atoms with Crippen molar-refractivity contribution in [3.8, 4) is 22.3 Å². The van der Waals surface area contributed by atoms with E-state index < -0.39 is 0 Å². The van der Waals surface area contributed by atoms with Crippen LogP contribution in [0.4, 0.5) is 5.69 Å². The molecule has 1 aliphatic heterocycles. The molecule has 3 atom stereocenters. The zero-order valence-electron chi connectivity index (χ0n) is 30.3. The third-order valence-corrected chi connectivity index (χ3v) is 12.4. The van der Waals surface area contributed by atoms with Crippen LogP contribution in [0.3, 0.4) is 0 Å². The van der Waals surface area contributed by atoms with E-state index in [1.165, 1.54) is 55.3 Å². The maximum Gasteiger partial charge on any atom is 0.143 e. The summed E-state index contributed by atoms with van der Waals surface area (Å²) in [6.45, 7) is 2.40. The van der Waals surface area contributed by atoms with Crippen LogP contribution < -0.4 is 0 Å². The van der Waals surface area contributed by atoms with Crippen molar-refractivity contribution in [1.82, 2.24) is 0 Å². The Morgan fingerprint density at radius 2 is 1.31 bits per heavy atom. The van der Waals surface area contributed by atoms with E-state index in [-0.39, 0.29) is 17.8 Å². The van der Waals surface area contributed by atoms with Crippen LogP contribution in [-0.4, -0.2) is 5.71 Å². The highest BCUT2D eigenvalue weighted by Gasteiger charge is 2.39. The second-order valence-electron chi connectivity index (χ2n) is 15.4. The summed E-state index contributed by atoms with van der Waals surface area (Å²) >= 11 is 0. The molecule has 3 heterocycles. The Hall–Kier alpha value is -6.71. The number of fused-ring (bicyclic) bond motifs is 12. The summed E-state index contributed by atoms with van der Waals surface area (Å²) in [7, 11) is 0. The molecule has 55 heavy (non-hydrogen) atoms. The zero-order chi connectivity index (χ0) is 36.2. The van der Waals surface area contributed by atoms with Gasteiger partial charge in [0.1, 0.15) is 22.3 Å². The lowest BCUT2D eigenvalue weighted by Crippen LogP contribution is -2.31. The summed E-state index contributed by atoms with van der Waals surface area (Å²) in [4.78, 5) is 5.62. The normalized spacial score (nSPS) is 17.8. The Balaban J connectivity index is 1.09. The molecule has 0 amide bonds.